The third-order valence-corrected chi connectivity index (χ3v) is 4.02. The second-order valence-corrected chi connectivity index (χ2v) is 6.49. The summed E-state index contributed by atoms with van der Waals surface area (Å²) in [5.74, 6) is -0.122. The van der Waals surface area contributed by atoms with Crippen molar-refractivity contribution in [2.24, 2.45) is 0 Å². The molecule has 1 atom stereocenters. The van der Waals surface area contributed by atoms with Gasteiger partial charge in [-0.3, -0.25) is 4.79 Å². The molecule has 1 N–H and O–H groups in total. The zero-order chi connectivity index (χ0) is 19.9. The summed E-state index contributed by atoms with van der Waals surface area (Å²) < 4.78 is 10.4. The van der Waals surface area contributed by atoms with Crippen LogP contribution in [-0.2, 0) is 16.1 Å². The third-order valence-electron chi connectivity index (χ3n) is 4.02. The average molecular weight is 379 g/mol. The number of nitrogens with zero attached hydrogens (tertiary/aromatic N) is 2. The van der Waals surface area contributed by atoms with Crippen LogP contribution in [0.15, 0.2) is 65.2 Å². The Morgan fingerprint density at radius 1 is 1.04 bits per heavy atom. The van der Waals surface area contributed by atoms with Crippen molar-refractivity contribution in [1.82, 2.24) is 15.5 Å². The van der Waals surface area contributed by atoms with E-state index in [4.69, 9.17) is 9.26 Å². The van der Waals surface area contributed by atoms with Gasteiger partial charge in [-0.05, 0) is 17.7 Å². The molecular formula is C21H21N3O4. The monoisotopic (exact) mass is 379 g/mol. The molecule has 1 heterocycles. The summed E-state index contributed by atoms with van der Waals surface area (Å²) in [5, 5.41) is 6.57. The quantitative estimate of drug-likeness (QED) is 0.632. The Morgan fingerprint density at radius 2 is 1.68 bits per heavy atom. The Labute approximate surface area is 162 Å². The van der Waals surface area contributed by atoms with Crippen LogP contribution in [0.25, 0.3) is 0 Å². The number of rotatable bonds is 7. The number of amides is 1. The van der Waals surface area contributed by atoms with E-state index in [-0.39, 0.29) is 24.3 Å². The summed E-state index contributed by atoms with van der Waals surface area (Å²) in [6.07, 6.45) is 0. The number of ether oxygens (including phenoxy) is 1. The van der Waals surface area contributed by atoms with Gasteiger partial charge in [-0.2, -0.15) is 4.98 Å². The minimum Gasteiger partial charge on any atom is -0.454 e. The van der Waals surface area contributed by atoms with Gasteiger partial charge in [-0.1, -0.05) is 67.5 Å². The Morgan fingerprint density at radius 3 is 2.29 bits per heavy atom. The van der Waals surface area contributed by atoms with Crippen LogP contribution in [0.3, 0.4) is 0 Å². The van der Waals surface area contributed by atoms with Crippen LogP contribution in [0.4, 0.5) is 0 Å². The molecular weight excluding hydrogens is 358 g/mol. The van der Waals surface area contributed by atoms with Gasteiger partial charge in [-0.15, -0.1) is 0 Å². The zero-order valence-electron chi connectivity index (χ0n) is 15.7. The Kier molecular flexibility index (Phi) is 6.16. The van der Waals surface area contributed by atoms with Crippen molar-refractivity contribution < 1.29 is 18.8 Å². The smallest absolute Gasteiger partial charge is 0.333 e. The molecule has 7 heteroatoms. The fourth-order valence-corrected chi connectivity index (χ4v) is 2.51. The molecule has 0 radical (unpaired) electrons. The predicted octanol–water partition coefficient (Wildman–Crippen LogP) is 3.41. The molecule has 144 valence electrons. The third kappa shape index (κ3) is 4.82. The molecule has 0 bridgehead atoms. The summed E-state index contributed by atoms with van der Waals surface area (Å²) in [5.41, 5.74) is 1.07. The number of hydrogen-bond acceptors (Lipinski definition) is 6. The van der Waals surface area contributed by atoms with Crippen molar-refractivity contribution in [2.75, 3.05) is 0 Å². The molecule has 28 heavy (non-hydrogen) atoms. The van der Waals surface area contributed by atoms with Gasteiger partial charge in [-0.25, -0.2) is 4.79 Å². The van der Waals surface area contributed by atoms with Crippen LogP contribution in [0.5, 0.6) is 0 Å². The van der Waals surface area contributed by atoms with Crippen molar-refractivity contribution in [3.8, 4) is 0 Å². The van der Waals surface area contributed by atoms with E-state index in [1.54, 1.807) is 48.5 Å². The van der Waals surface area contributed by atoms with Crippen LogP contribution in [0.1, 0.15) is 53.4 Å². The van der Waals surface area contributed by atoms with Gasteiger partial charge >= 0.3 is 5.97 Å². The maximum absolute atomic E-state index is 12.7. The first-order valence-corrected chi connectivity index (χ1v) is 8.94. The maximum Gasteiger partial charge on any atom is 0.333 e. The lowest BCUT2D eigenvalue weighted by molar-refractivity contribution is -0.148. The van der Waals surface area contributed by atoms with E-state index in [1.165, 1.54) is 0 Å². The van der Waals surface area contributed by atoms with Crippen molar-refractivity contribution >= 4 is 11.9 Å². The number of benzene rings is 2. The molecule has 1 unspecified atom stereocenters. The fraction of sp³-hybridized carbons (Fsp3) is 0.238. The SMILES string of the molecule is CC(C)c1noc(COC(=O)C(NC(=O)c2ccccc2)c2ccccc2)n1. The van der Waals surface area contributed by atoms with Crippen LogP contribution >= 0.6 is 0 Å². The van der Waals surface area contributed by atoms with E-state index < -0.39 is 12.0 Å². The molecule has 3 aromatic rings. The first-order chi connectivity index (χ1) is 13.5. The summed E-state index contributed by atoms with van der Waals surface area (Å²) >= 11 is 0. The van der Waals surface area contributed by atoms with E-state index in [9.17, 15) is 9.59 Å². The number of carbonyl (C=O) groups is 2. The lowest BCUT2D eigenvalue weighted by Crippen LogP contribution is -2.34. The predicted molar refractivity (Wildman–Crippen MR) is 101 cm³/mol. The molecule has 0 saturated carbocycles. The Hall–Kier alpha value is -3.48. The lowest BCUT2D eigenvalue weighted by Gasteiger charge is -2.17. The van der Waals surface area contributed by atoms with Gasteiger partial charge in [0.1, 0.15) is 0 Å². The number of hydrogen-bond donors (Lipinski definition) is 1. The molecule has 0 fully saturated rings. The van der Waals surface area contributed by atoms with Gasteiger partial charge in [0, 0.05) is 11.5 Å². The lowest BCUT2D eigenvalue weighted by atomic mass is 10.1. The highest BCUT2D eigenvalue weighted by Crippen LogP contribution is 2.17. The van der Waals surface area contributed by atoms with Crippen molar-refractivity contribution in [1.29, 1.82) is 0 Å². The molecule has 2 aromatic carbocycles. The van der Waals surface area contributed by atoms with Gasteiger partial charge in [0.05, 0.1) is 0 Å². The van der Waals surface area contributed by atoms with E-state index in [2.05, 4.69) is 15.5 Å². The van der Waals surface area contributed by atoms with Gasteiger partial charge in [0.25, 0.3) is 11.8 Å². The van der Waals surface area contributed by atoms with Crippen LogP contribution < -0.4 is 5.32 Å². The van der Waals surface area contributed by atoms with E-state index >= 15 is 0 Å². The average Bonchev–Trinajstić information content (AvgIpc) is 3.21. The second kappa shape index (κ2) is 8.94. The topological polar surface area (TPSA) is 94.3 Å². The minimum absolute atomic E-state index is 0.107. The summed E-state index contributed by atoms with van der Waals surface area (Å²) in [6.45, 7) is 3.71. The highest BCUT2D eigenvalue weighted by atomic mass is 16.6. The Balaban J connectivity index is 1.72. The van der Waals surface area contributed by atoms with Gasteiger partial charge in [0.2, 0.25) is 0 Å². The molecule has 0 aliphatic rings. The molecule has 1 amide bonds. The van der Waals surface area contributed by atoms with Gasteiger partial charge < -0.3 is 14.6 Å². The highest BCUT2D eigenvalue weighted by Gasteiger charge is 2.25. The molecule has 7 nitrogen and oxygen atoms in total. The number of esters is 1. The molecule has 0 aliphatic carbocycles. The van der Waals surface area contributed by atoms with Crippen LogP contribution in [0, 0.1) is 0 Å². The summed E-state index contributed by atoms with van der Waals surface area (Å²) in [7, 11) is 0. The summed E-state index contributed by atoms with van der Waals surface area (Å²) in [4.78, 5) is 29.4. The highest BCUT2D eigenvalue weighted by molar-refractivity contribution is 5.97. The minimum atomic E-state index is -0.957. The maximum atomic E-state index is 12.7. The Bertz CT molecular complexity index is 923. The second-order valence-electron chi connectivity index (χ2n) is 6.49. The van der Waals surface area contributed by atoms with Crippen molar-refractivity contribution in [3.05, 3.63) is 83.5 Å². The summed E-state index contributed by atoms with van der Waals surface area (Å²) in [6, 6.07) is 16.6. The number of carbonyl (C=O) groups excluding carboxylic acids is 2. The first-order valence-electron chi connectivity index (χ1n) is 8.94. The number of nitrogens with one attached hydrogen (secondary N) is 1. The largest absolute Gasteiger partial charge is 0.454 e. The fourth-order valence-electron chi connectivity index (χ4n) is 2.51. The zero-order valence-corrected chi connectivity index (χ0v) is 15.7. The molecule has 1 aromatic heterocycles. The molecule has 0 saturated heterocycles. The van der Waals surface area contributed by atoms with Crippen molar-refractivity contribution in [2.45, 2.75) is 32.4 Å². The van der Waals surface area contributed by atoms with Crippen LogP contribution in [0.2, 0.25) is 0 Å². The van der Waals surface area contributed by atoms with E-state index in [0.29, 0.717) is 17.0 Å². The molecule has 3 rings (SSSR count). The number of aromatic nitrogens is 2. The van der Waals surface area contributed by atoms with E-state index in [0.717, 1.165) is 0 Å². The van der Waals surface area contributed by atoms with Gasteiger partial charge in [0.15, 0.2) is 18.5 Å². The first kappa shape index (κ1) is 19.3. The molecule has 0 aliphatic heterocycles. The van der Waals surface area contributed by atoms with Crippen LogP contribution in [-0.4, -0.2) is 22.0 Å². The van der Waals surface area contributed by atoms with Crippen molar-refractivity contribution in [3.63, 3.8) is 0 Å². The standard InChI is InChI=1S/C21H21N3O4/c1-14(2)19-22-17(28-24-19)13-27-21(26)18(15-9-5-3-6-10-15)23-20(25)16-11-7-4-8-12-16/h3-12,14,18H,13H2,1-2H3,(H,23,25). The molecule has 0 spiro atoms. The van der Waals surface area contributed by atoms with E-state index in [1.807, 2.05) is 26.0 Å². The normalized spacial score (nSPS) is 11.8.